The summed E-state index contributed by atoms with van der Waals surface area (Å²) >= 11 is 0. The lowest BCUT2D eigenvalue weighted by Gasteiger charge is -2.45. The lowest BCUT2D eigenvalue weighted by atomic mass is 10.1. The molecule has 0 aromatic heterocycles. The second kappa shape index (κ2) is 8.30. The highest BCUT2D eigenvalue weighted by atomic mass is 28.4. The maximum Gasteiger partial charge on any atom is 0.261 e. The van der Waals surface area contributed by atoms with Gasteiger partial charge >= 0.3 is 0 Å². The summed E-state index contributed by atoms with van der Waals surface area (Å²) < 4.78 is 26.0. The molecule has 166 valence electrons. The van der Waals surface area contributed by atoms with Crippen LogP contribution in [0.3, 0.4) is 0 Å². The third-order valence-electron chi connectivity index (χ3n) is 6.22. The van der Waals surface area contributed by atoms with E-state index >= 15 is 0 Å². The molecular weight excluding hydrogens is 404 g/mol. The zero-order valence-corrected chi connectivity index (χ0v) is 20.2. The van der Waals surface area contributed by atoms with Crippen LogP contribution in [-0.4, -0.2) is 38.7 Å². The molecule has 4 rings (SSSR count). The summed E-state index contributed by atoms with van der Waals surface area (Å²) in [6, 6.07) is 21.3. The van der Waals surface area contributed by atoms with Crippen LogP contribution in [0.5, 0.6) is 0 Å². The minimum atomic E-state index is -2.74. The highest BCUT2D eigenvalue weighted by molar-refractivity contribution is 6.99. The third-order valence-corrected chi connectivity index (χ3v) is 11.2. The van der Waals surface area contributed by atoms with Crippen LogP contribution in [0.4, 0.5) is 0 Å². The summed E-state index contributed by atoms with van der Waals surface area (Å²) in [6.45, 7) is 14.6. The average molecular weight is 439 g/mol. The number of benzene rings is 2. The molecule has 1 unspecified atom stereocenters. The van der Waals surface area contributed by atoms with Crippen LogP contribution in [0.15, 0.2) is 73.3 Å². The molecule has 0 amide bonds. The van der Waals surface area contributed by atoms with Crippen molar-refractivity contribution in [1.82, 2.24) is 0 Å². The lowest BCUT2D eigenvalue weighted by Crippen LogP contribution is -2.69. The SMILES string of the molecule is C=CCC1O[C@@H]2OC(C)(C)O[C@@H]2[C@H]1O[Si](c1ccccc1)(c1ccccc1)C(C)(C)C. The van der Waals surface area contributed by atoms with Crippen LogP contribution in [0.2, 0.25) is 5.04 Å². The van der Waals surface area contributed by atoms with E-state index in [-0.39, 0.29) is 23.4 Å². The summed E-state index contributed by atoms with van der Waals surface area (Å²) in [5.74, 6) is -0.693. The molecule has 0 bridgehead atoms. The Kier molecular flexibility index (Phi) is 6.01. The van der Waals surface area contributed by atoms with Gasteiger partial charge in [0.2, 0.25) is 0 Å². The zero-order valence-electron chi connectivity index (χ0n) is 19.2. The first-order valence-electron chi connectivity index (χ1n) is 11.1. The molecule has 0 aliphatic carbocycles. The van der Waals surface area contributed by atoms with Crippen molar-refractivity contribution < 1.29 is 18.6 Å². The van der Waals surface area contributed by atoms with Crippen LogP contribution in [0.1, 0.15) is 41.0 Å². The van der Waals surface area contributed by atoms with Gasteiger partial charge in [0, 0.05) is 0 Å². The molecule has 0 radical (unpaired) electrons. The van der Waals surface area contributed by atoms with Crippen molar-refractivity contribution in [2.24, 2.45) is 0 Å². The second-order valence-corrected chi connectivity index (χ2v) is 14.2. The maximum absolute atomic E-state index is 7.37. The molecule has 2 aromatic rings. The predicted octanol–water partition coefficient (Wildman–Crippen LogP) is 4.38. The Morgan fingerprint density at radius 1 is 0.968 bits per heavy atom. The third kappa shape index (κ3) is 4.05. The molecule has 2 aliphatic rings. The van der Waals surface area contributed by atoms with Crippen molar-refractivity contribution in [2.75, 3.05) is 0 Å². The van der Waals surface area contributed by atoms with E-state index in [4.69, 9.17) is 18.6 Å². The van der Waals surface area contributed by atoms with Crippen molar-refractivity contribution in [1.29, 1.82) is 0 Å². The Morgan fingerprint density at radius 3 is 2.00 bits per heavy atom. The molecule has 2 fully saturated rings. The lowest BCUT2D eigenvalue weighted by molar-refractivity contribution is -0.213. The van der Waals surface area contributed by atoms with Gasteiger partial charge in [0.1, 0.15) is 12.2 Å². The van der Waals surface area contributed by atoms with Gasteiger partial charge in [0.25, 0.3) is 8.32 Å². The van der Waals surface area contributed by atoms with E-state index in [0.717, 1.165) is 0 Å². The maximum atomic E-state index is 7.37. The quantitative estimate of drug-likeness (QED) is 0.495. The van der Waals surface area contributed by atoms with E-state index in [2.05, 4.69) is 88.0 Å². The van der Waals surface area contributed by atoms with Crippen LogP contribution in [0.25, 0.3) is 0 Å². The topological polar surface area (TPSA) is 36.9 Å². The molecule has 5 heteroatoms. The number of fused-ring (bicyclic) bond motifs is 1. The van der Waals surface area contributed by atoms with Crippen molar-refractivity contribution >= 4 is 18.7 Å². The Bertz CT molecular complexity index is 851. The largest absolute Gasteiger partial charge is 0.399 e. The van der Waals surface area contributed by atoms with E-state index in [1.807, 2.05) is 19.9 Å². The fraction of sp³-hybridized carbons (Fsp3) is 0.462. The molecule has 0 saturated carbocycles. The van der Waals surface area contributed by atoms with Gasteiger partial charge in [-0.2, -0.15) is 0 Å². The highest BCUT2D eigenvalue weighted by Gasteiger charge is 2.60. The smallest absolute Gasteiger partial charge is 0.261 e. The van der Waals surface area contributed by atoms with Crippen LogP contribution >= 0.6 is 0 Å². The zero-order chi connectivity index (χ0) is 22.3. The van der Waals surface area contributed by atoms with Gasteiger partial charge in [-0.05, 0) is 35.7 Å². The standard InChI is InChI=1S/C26H34O4Si/c1-7-14-21-22(23-24(27-21)29-26(5,6)28-23)30-31(25(2,3)4,19-15-10-8-11-16-19)20-17-12-9-13-18-20/h7-13,15-18,21-24H,1,14H2,2-6H3/t21?,22-,23+,24+/m0/s1. The number of hydrogen-bond acceptors (Lipinski definition) is 4. The van der Waals surface area contributed by atoms with Crippen molar-refractivity contribution in [2.45, 2.75) is 76.5 Å². The second-order valence-electron chi connectivity index (χ2n) is 9.91. The van der Waals surface area contributed by atoms with E-state index in [9.17, 15) is 0 Å². The molecule has 2 aromatic carbocycles. The fourth-order valence-corrected chi connectivity index (χ4v) is 9.65. The minimum absolute atomic E-state index is 0.124. The first-order valence-corrected chi connectivity index (χ1v) is 13.0. The Morgan fingerprint density at radius 2 is 1.52 bits per heavy atom. The van der Waals surface area contributed by atoms with Gasteiger partial charge in [-0.15, -0.1) is 6.58 Å². The van der Waals surface area contributed by atoms with E-state index < -0.39 is 20.4 Å². The van der Waals surface area contributed by atoms with Gasteiger partial charge in [-0.1, -0.05) is 87.5 Å². The van der Waals surface area contributed by atoms with Gasteiger partial charge in [0.05, 0.1) is 6.10 Å². The number of hydrogen-bond donors (Lipinski definition) is 0. The van der Waals surface area contributed by atoms with Crippen molar-refractivity contribution in [3.63, 3.8) is 0 Å². The molecule has 0 spiro atoms. The first-order chi connectivity index (χ1) is 14.7. The molecule has 4 atom stereocenters. The first kappa shape index (κ1) is 22.4. The minimum Gasteiger partial charge on any atom is -0.399 e. The summed E-state index contributed by atoms with van der Waals surface area (Å²) in [4.78, 5) is 0. The molecule has 2 heterocycles. The number of rotatable bonds is 6. The van der Waals surface area contributed by atoms with Gasteiger partial charge in [-0.3, -0.25) is 0 Å². The summed E-state index contributed by atoms with van der Waals surface area (Å²) in [7, 11) is -2.74. The Hall–Kier alpha value is -1.76. The fourth-order valence-electron chi connectivity index (χ4n) is 4.94. The van der Waals surface area contributed by atoms with Gasteiger partial charge in [-0.25, -0.2) is 0 Å². The molecule has 0 N–H and O–H groups in total. The summed E-state index contributed by atoms with van der Waals surface area (Å²) in [5, 5.41) is 2.36. The van der Waals surface area contributed by atoms with Crippen molar-refractivity contribution in [3.8, 4) is 0 Å². The molecule has 31 heavy (non-hydrogen) atoms. The van der Waals surface area contributed by atoms with E-state index in [1.54, 1.807) is 0 Å². The van der Waals surface area contributed by atoms with Crippen molar-refractivity contribution in [3.05, 3.63) is 73.3 Å². The van der Waals surface area contributed by atoms with Crippen LogP contribution in [-0.2, 0) is 18.6 Å². The molecular formula is C26H34O4Si. The monoisotopic (exact) mass is 438 g/mol. The van der Waals surface area contributed by atoms with E-state index in [1.165, 1.54) is 10.4 Å². The van der Waals surface area contributed by atoms with E-state index in [0.29, 0.717) is 6.42 Å². The Labute approximate surface area is 187 Å². The number of ether oxygens (including phenoxy) is 3. The Balaban J connectivity index is 1.85. The average Bonchev–Trinajstić information content (AvgIpc) is 3.18. The van der Waals surface area contributed by atoms with Gasteiger partial charge in [0.15, 0.2) is 12.1 Å². The van der Waals surface area contributed by atoms with Crippen LogP contribution in [0, 0.1) is 0 Å². The van der Waals surface area contributed by atoms with Crippen LogP contribution < -0.4 is 10.4 Å². The van der Waals surface area contributed by atoms with Gasteiger partial charge < -0.3 is 18.6 Å². The molecule has 2 saturated heterocycles. The molecule has 4 nitrogen and oxygen atoms in total. The highest BCUT2D eigenvalue weighted by Crippen LogP contribution is 2.44. The predicted molar refractivity (Wildman–Crippen MR) is 126 cm³/mol. The molecule has 2 aliphatic heterocycles. The summed E-state index contributed by atoms with van der Waals surface area (Å²) in [5.41, 5.74) is 0. The normalized spacial score (nSPS) is 27.8. The summed E-state index contributed by atoms with van der Waals surface area (Å²) in [6.07, 6.45) is 1.45.